The van der Waals surface area contributed by atoms with Gasteiger partial charge in [0.15, 0.2) is 0 Å². The maximum absolute atomic E-state index is 9.87. The molecule has 0 aliphatic carbocycles. The van der Waals surface area contributed by atoms with Crippen LogP contribution in [-0.4, -0.2) is 22.9 Å². The fourth-order valence-corrected chi connectivity index (χ4v) is 1.30. The third-order valence-electron chi connectivity index (χ3n) is 0.437. The summed E-state index contributed by atoms with van der Waals surface area (Å²) in [6, 6.07) is 0. The predicted octanol–water partition coefficient (Wildman–Crippen LogP) is 0.828. The minimum atomic E-state index is 0.431. The van der Waals surface area contributed by atoms with E-state index >= 15 is 0 Å². The van der Waals surface area contributed by atoms with Gasteiger partial charge in [0.25, 0.3) is 0 Å². The first kappa shape index (κ1) is 8.84. The molecule has 0 heterocycles. The van der Waals surface area contributed by atoms with E-state index in [9.17, 15) is 9.59 Å². The number of amides is 2. The number of hydrogen-bond donors (Lipinski definition) is 0. The molecule has 0 aromatic heterocycles. The minimum absolute atomic E-state index is 0.431. The van der Waals surface area contributed by atoms with Crippen LogP contribution in [0.4, 0.5) is 0 Å². The Kier molecular flexibility index (Phi) is 5.86. The van der Waals surface area contributed by atoms with Crippen molar-refractivity contribution in [1.29, 1.82) is 0 Å². The molecule has 0 aromatic carbocycles. The van der Waals surface area contributed by atoms with Crippen molar-refractivity contribution in [3.63, 3.8) is 0 Å². The van der Waals surface area contributed by atoms with E-state index in [1.165, 1.54) is 17.2 Å². The zero-order valence-corrected chi connectivity index (χ0v) is 6.50. The van der Waals surface area contributed by atoms with Crippen LogP contribution in [0.1, 0.15) is 6.92 Å². The fourth-order valence-electron chi connectivity index (χ4n) is 0.164. The molecule has 0 rings (SSSR count). The van der Waals surface area contributed by atoms with Gasteiger partial charge in [-0.1, -0.05) is 17.7 Å². The molecule has 0 unspecified atom stereocenters. The molecule has 0 spiro atoms. The van der Waals surface area contributed by atoms with Crippen molar-refractivity contribution in [2.45, 2.75) is 6.92 Å². The second-order valence-electron chi connectivity index (χ2n) is 1.00. The van der Waals surface area contributed by atoms with Crippen molar-refractivity contribution in [2.24, 2.45) is 0 Å². The van der Waals surface area contributed by atoms with Gasteiger partial charge in [0.1, 0.15) is 0 Å². The summed E-state index contributed by atoms with van der Waals surface area (Å²) in [5.74, 6) is 0.858. The number of hydrogen-bond acceptors (Lipinski definition) is 4. The van der Waals surface area contributed by atoms with Gasteiger partial charge in [-0.15, -0.1) is 0 Å². The fraction of sp³-hybridized carbons (Fsp3) is 0.500. The lowest BCUT2D eigenvalue weighted by Crippen LogP contribution is -2.07. The molecule has 0 aliphatic rings. The van der Waals surface area contributed by atoms with Gasteiger partial charge in [-0.05, 0) is 0 Å². The van der Waals surface area contributed by atoms with Gasteiger partial charge in [0.05, 0.1) is 0 Å². The average Bonchev–Trinajstić information content (AvgIpc) is 1.91. The summed E-state index contributed by atoms with van der Waals surface area (Å²) in [5, 5.41) is 0. The maximum atomic E-state index is 9.87. The Balaban J connectivity index is 3.30. The van der Waals surface area contributed by atoms with Crippen molar-refractivity contribution in [2.75, 3.05) is 5.75 Å². The van der Waals surface area contributed by atoms with Gasteiger partial charge < -0.3 is 0 Å². The summed E-state index contributed by atoms with van der Waals surface area (Å²) in [5.41, 5.74) is 0. The SMILES string of the molecule is CCSSN([C]=O)C=O. The van der Waals surface area contributed by atoms with Gasteiger partial charge in [-0.25, -0.2) is 4.31 Å². The van der Waals surface area contributed by atoms with E-state index in [4.69, 9.17) is 0 Å². The Morgan fingerprint density at radius 3 is 2.78 bits per heavy atom. The van der Waals surface area contributed by atoms with Crippen LogP contribution in [-0.2, 0) is 9.59 Å². The van der Waals surface area contributed by atoms with E-state index < -0.39 is 0 Å². The van der Waals surface area contributed by atoms with Crippen molar-refractivity contribution < 1.29 is 9.59 Å². The molecule has 0 atom stereocenters. The second-order valence-corrected chi connectivity index (χ2v) is 3.51. The summed E-state index contributed by atoms with van der Waals surface area (Å²) < 4.78 is 0.855. The zero-order chi connectivity index (χ0) is 7.11. The molecule has 3 nitrogen and oxygen atoms in total. The van der Waals surface area contributed by atoms with Gasteiger partial charge in [-0.3, -0.25) is 9.59 Å². The quantitative estimate of drug-likeness (QED) is 0.261. The first-order valence-corrected chi connectivity index (χ1v) is 4.54. The lowest BCUT2D eigenvalue weighted by molar-refractivity contribution is -0.111. The topological polar surface area (TPSA) is 37.4 Å². The Bertz CT molecular complexity index is 90.6. The van der Waals surface area contributed by atoms with Crippen LogP contribution < -0.4 is 0 Å². The monoisotopic (exact) mass is 164 g/mol. The van der Waals surface area contributed by atoms with Crippen molar-refractivity contribution in [3.8, 4) is 0 Å². The van der Waals surface area contributed by atoms with E-state index in [0.717, 1.165) is 21.0 Å². The molecular weight excluding hydrogens is 158 g/mol. The highest BCUT2D eigenvalue weighted by Gasteiger charge is 1.98. The van der Waals surface area contributed by atoms with Crippen LogP contribution >= 0.6 is 21.8 Å². The van der Waals surface area contributed by atoms with E-state index in [1.54, 1.807) is 0 Å². The molecule has 5 heteroatoms. The van der Waals surface area contributed by atoms with E-state index in [-0.39, 0.29) is 0 Å². The van der Waals surface area contributed by atoms with Gasteiger partial charge >= 0.3 is 6.41 Å². The largest absolute Gasteiger partial charge is 0.330 e. The second kappa shape index (κ2) is 5.97. The van der Waals surface area contributed by atoms with Crippen molar-refractivity contribution in [3.05, 3.63) is 0 Å². The minimum Gasteiger partial charge on any atom is -0.277 e. The van der Waals surface area contributed by atoms with Crippen LogP contribution in [0.2, 0.25) is 0 Å². The summed E-state index contributed by atoms with van der Waals surface area (Å²) in [7, 11) is 2.49. The average molecular weight is 164 g/mol. The zero-order valence-electron chi connectivity index (χ0n) is 4.86. The number of carbonyl (C=O) groups is 1. The van der Waals surface area contributed by atoms with Crippen molar-refractivity contribution >= 4 is 34.6 Å². The van der Waals surface area contributed by atoms with Crippen molar-refractivity contribution in [1.82, 2.24) is 4.31 Å². The third kappa shape index (κ3) is 4.35. The molecule has 0 N–H and O–H groups in total. The first-order valence-electron chi connectivity index (χ1n) is 2.27. The maximum Gasteiger partial charge on any atom is 0.330 e. The van der Waals surface area contributed by atoms with Crippen LogP contribution in [0.25, 0.3) is 0 Å². The molecule has 1 radical (unpaired) electrons. The highest BCUT2D eigenvalue weighted by atomic mass is 33.1. The number of nitrogens with zero attached hydrogens (tertiary/aromatic N) is 1. The van der Waals surface area contributed by atoms with Crippen LogP contribution in [0.3, 0.4) is 0 Å². The molecule has 9 heavy (non-hydrogen) atoms. The lowest BCUT2D eigenvalue weighted by Gasteiger charge is -2.01. The molecule has 0 bridgehead atoms. The highest BCUT2D eigenvalue weighted by Crippen LogP contribution is 2.21. The van der Waals surface area contributed by atoms with Crippen LogP contribution in [0, 0.1) is 0 Å². The standard InChI is InChI=1S/C4H6NO2S2/c1-2-8-9-5(3-6)4-7/h3H,2H2,1H3. The van der Waals surface area contributed by atoms with Gasteiger partial charge in [-0.2, -0.15) is 0 Å². The van der Waals surface area contributed by atoms with Crippen LogP contribution in [0.15, 0.2) is 0 Å². The summed E-state index contributed by atoms with van der Waals surface area (Å²) in [6.07, 6.45) is 1.87. The summed E-state index contributed by atoms with van der Waals surface area (Å²) in [6.45, 7) is 1.94. The molecule has 0 aromatic rings. The van der Waals surface area contributed by atoms with Gasteiger partial charge in [0.2, 0.25) is 6.41 Å². The number of carbonyl (C=O) groups excluding carboxylic acids is 2. The van der Waals surface area contributed by atoms with E-state index in [0.29, 0.717) is 6.41 Å². The molecule has 0 fully saturated rings. The molecule has 0 aliphatic heterocycles. The highest BCUT2D eigenvalue weighted by molar-refractivity contribution is 8.76. The molecular formula is C4H6NO2S2. The molecule has 2 amide bonds. The van der Waals surface area contributed by atoms with Gasteiger partial charge in [0, 0.05) is 16.7 Å². The van der Waals surface area contributed by atoms with Crippen LogP contribution in [0.5, 0.6) is 0 Å². The molecule has 51 valence electrons. The molecule has 0 saturated carbocycles. The molecule has 0 saturated heterocycles. The smallest absolute Gasteiger partial charge is 0.277 e. The van der Waals surface area contributed by atoms with E-state index in [1.807, 2.05) is 6.92 Å². The first-order chi connectivity index (χ1) is 4.35. The summed E-state index contributed by atoms with van der Waals surface area (Å²) >= 11 is 0. The lowest BCUT2D eigenvalue weighted by atomic mass is 11.0. The number of rotatable bonds is 5. The Hall–Kier alpha value is -0.160. The Morgan fingerprint density at radius 1 is 1.78 bits per heavy atom. The Morgan fingerprint density at radius 2 is 2.44 bits per heavy atom. The summed E-state index contributed by atoms with van der Waals surface area (Å²) in [4.78, 5) is 19.6. The normalized spacial score (nSPS) is 8.56. The number of imide groups is 1. The third-order valence-corrected chi connectivity index (χ3v) is 2.60. The predicted molar refractivity (Wildman–Crippen MR) is 39.3 cm³/mol. The Labute approximate surface area is 61.7 Å². The van der Waals surface area contributed by atoms with E-state index in [2.05, 4.69) is 0 Å².